The summed E-state index contributed by atoms with van der Waals surface area (Å²) in [6, 6.07) is 16.3. The number of esters is 1. The zero-order valence-electron chi connectivity index (χ0n) is 20.9. The van der Waals surface area contributed by atoms with Gasteiger partial charge in [-0.15, -0.1) is 6.58 Å². The molecule has 0 saturated heterocycles. The molecule has 0 unspecified atom stereocenters. The molecule has 1 heterocycles. The molecule has 2 atom stereocenters. The first-order valence-corrected chi connectivity index (χ1v) is 14.5. The normalized spacial score (nSPS) is 22.6. The predicted octanol–water partition coefficient (Wildman–Crippen LogP) is 5.42. The lowest BCUT2D eigenvalue weighted by Crippen LogP contribution is -2.47. The third kappa shape index (κ3) is 5.29. The molecule has 0 amide bonds. The lowest BCUT2D eigenvalue weighted by molar-refractivity contribution is -0.149. The van der Waals surface area contributed by atoms with Gasteiger partial charge in [0.1, 0.15) is 5.41 Å². The van der Waals surface area contributed by atoms with Gasteiger partial charge < -0.3 is 14.5 Å². The fourth-order valence-electron chi connectivity index (χ4n) is 4.15. The van der Waals surface area contributed by atoms with Crippen LogP contribution in [0.2, 0.25) is 18.1 Å². The van der Waals surface area contributed by atoms with Crippen molar-refractivity contribution < 1.29 is 14.0 Å². The molecule has 1 fully saturated rings. The maximum atomic E-state index is 13.0. The summed E-state index contributed by atoms with van der Waals surface area (Å²) < 4.78 is 12.0. The molecule has 33 heavy (non-hydrogen) atoms. The average molecular weight is 467 g/mol. The topological polar surface area (TPSA) is 60.5 Å². The molecule has 1 saturated carbocycles. The first kappa shape index (κ1) is 25.3. The number of nitrogens with zero attached hydrogens (tertiary/aromatic N) is 1. The van der Waals surface area contributed by atoms with E-state index >= 15 is 0 Å². The summed E-state index contributed by atoms with van der Waals surface area (Å²) in [5.74, 6) is -0.254. The van der Waals surface area contributed by atoms with Crippen molar-refractivity contribution in [2.24, 2.45) is 5.41 Å². The molecule has 0 aliphatic heterocycles. The summed E-state index contributed by atoms with van der Waals surface area (Å²) in [4.78, 5) is 17.9. The van der Waals surface area contributed by atoms with Gasteiger partial charge in [-0.25, -0.2) is 0 Å². The maximum absolute atomic E-state index is 13.0. The second kappa shape index (κ2) is 9.53. The van der Waals surface area contributed by atoms with Gasteiger partial charge in [-0.1, -0.05) is 63.2 Å². The van der Waals surface area contributed by atoms with Gasteiger partial charge >= 0.3 is 5.97 Å². The third-order valence-corrected chi connectivity index (χ3v) is 11.7. The Morgan fingerprint density at radius 2 is 1.79 bits per heavy atom. The maximum Gasteiger partial charge on any atom is 0.315 e. The lowest BCUT2D eigenvalue weighted by atomic mass is 9.94. The van der Waals surface area contributed by atoms with Gasteiger partial charge in [0.05, 0.1) is 18.4 Å². The Bertz CT molecular complexity index is 986. The first-order valence-electron chi connectivity index (χ1n) is 11.6. The van der Waals surface area contributed by atoms with Crippen molar-refractivity contribution in [3.63, 3.8) is 0 Å². The average Bonchev–Trinajstić information content (AvgIpc) is 3.40. The number of ether oxygens (including phenoxy) is 1. The molecule has 3 rings (SSSR count). The minimum absolute atomic E-state index is 0.0239. The summed E-state index contributed by atoms with van der Waals surface area (Å²) in [6.45, 7) is 16.5. The van der Waals surface area contributed by atoms with E-state index in [0.29, 0.717) is 19.4 Å². The number of aromatic nitrogens is 1. The van der Waals surface area contributed by atoms with Crippen molar-refractivity contribution in [2.45, 2.75) is 70.4 Å². The van der Waals surface area contributed by atoms with Crippen LogP contribution >= 0.6 is 0 Å². The second-order valence-electron chi connectivity index (χ2n) is 10.6. The summed E-state index contributed by atoms with van der Waals surface area (Å²) >= 11 is 0. The molecule has 5 nitrogen and oxygen atoms in total. The molecule has 1 aromatic carbocycles. The van der Waals surface area contributed by atoms with Crippen LogP contribution in [0.3, 0.4) is 0 Å². The van der Waals surface area contributed by atoms with Crippen LogP contribution in [0.4, 0.5) is 0 Å². The molecule has 0 radical (unpaired) electrons. The van der Waals surface area contributed by atoms with Gasteiger partial charge in [0.25, 0.3) is 0 Å². The van der Waals surface area contributed by atoms with Gasteiger partial charge in [-0.3, -0.25) is 9.78 Å². The van der Waals surface area contributed by atoms with E-state index in [1.54, 1.807) is 0 Å². The number of nitrogens with one attached hydrogen (secondary N) is 1. The third-order valence-electron chi connectivity index (χ3n) is 7.22. The van der Waals surface area contributed by atoms with E-state index in [1.165, 1.54) is 12.7 Å². The van der Waals surface area contributed by atoms with Crippen LogP contribution in [0.15, 0.2) is 61.2 Å². The number of rotatable bonds is 10. The highest BCUT2D eigenvalue weighted by atomic mass is 28.4. The van der Waals surface area contributed by atoms with E-state index in [1.807, 2.05) is 42.5 Å². The van der Waals surface area contributed by atoms with E-state index in [2.05, 4.69) is 57.9 Å². The molecule has 1 aliphatic rings. The summed E-state index contributed by atoms with van der Waals surface area (Å²) in [5, 5.41) is 3.47. The molecular formula is C27H38N2O3Si. The molecule has 6 heteroatoms. The van der Waals surface area contributed by atoms with Crippen LogP contribution in [0.25, 0.3) is 0 Å². The van der Waals surface area contributed by atoms with Crippen LogP contribution in [0.1, 0.15) is 44.1 Å². The van der Waals surface area contributed by atoms with E-state index in [0.717, 1.165) is 17.9 Å². The highest BCUT2D eigenvalue weighted by Crippen LogP contribution is 2.64. The first-order chi connectivity index (χ1) is 15.5. The number of hydrogen-bond donors (Lipinski definition) is 1. The SMILES string of the molecule is C=C[C@@]1(O[Si](C)(C)C(C)(C)C)C[C@@]1(Cc1cccc(CNCc2ccccc2)n1)C(=O)OC. The fourth-order valence-corrected chi connectivity index (χ4v) is 5.71. The van der Waals surface area contributed by atoms with E-state index in [9.17, 15) is 4.79 Å². The van der Waals surface area contributed by atoms with Gasteiger partial charge in [0.15, 0.2) is 8.32 Å². The molecule has 1 aliphatic carbocycles. The van der Waals surface area contributed by atoms with Crippen LogP contribution in [-0.2, 0) is 33.5 Å². The van der Waals surface area contributed by atoms with Gasteiger partial charge in [-0.05, 0) is 42.2 Å². The minimum atomic E-state index is -2.13. The van der Waals surface area contributed by atoms with Crippen molar-refractivity contribution in [3.05, 3.63) is 78.1 Å². The van der Waals surface area contributed by atoms with Crippen molar-refractivity contribution in [1.82, 2.24) is 10.3 Å². The summed E-state index contributed by atoms with van der Waals surface area (Å²) in [7, 11) is -0.689. The molecule has 178 valence electrons. The largest absolute Gasteiger partial charge is 0.468 e. The number of hydrogen-bond acceptors (Lipinski definition) is 5. The monoisotopic (exact) mass is 466 g/mol. The predicted molar refractivity (Wildman–Crippen MR) is 135 cm³/mol. The van der Waals surface area contributed by atoms with Gasteiger partial charge in [0, 0.05) is 25.2 Å². The van der Waals surface area contributed by atoms with E-state index in [4.69, 9.17) is 14.1 Å². The summed E-state index contributed by atoms with van der Waals surface area (Å²) in [5.41, 5.74) is 1.53. The Balaban J connectivity index is 1.77. The molecular weight excluding hydrogens is 428 g/mol. The number of benzene rings is 1. The van der Waals surface area contributed by atoms with Crippen LogP contribution < -0.4 is 5.32 Å². The van der Waals surface area contributed by atoms with Crippen molar-refractivity contribution in [3.8, 4) is 0 Å². The molecule has 1 N–H and O–H groups in total. The Morgan fingerprint density at radius 1 is 1.12 bits per heavy atom. The molecule has 1 aromatic heterocycles. The molecule has 0 bridgehead atoms. The highest BCUT2D eigenvalue weighted by Gasteiger charge is 2.74. The van der Waals surface area contributed by atoms with Crippen molar-refractivity contribution in [1.29, 1.82) is 0 Å². The zero-order chi connectivity index (χ0) is 24.3. The van der Waals surface area contributed by atoms with Gasteiger partial charge in [-0.2, -0.15) is 0 Å². The Hall–Kier alpha value is -2.28. The Kier molecular flexibility index (Phi) is 7.32. The number of methoxy groups -OCH3 is 1. The highest BCUT2D eigenvalue weighted by molar-refractivity contribution is 6.74. The smallest absolute Gasteiger partial charge is 0.315 e. The fraction of sp³-hybridized carbons (Fsp3) is 0.481. The number of pyridine rings is 1. The van der Waals surface area contributed by atoms with Crippen molar-refractivity contribution >= 4 is 14.3 Å². The van der Waals surface area contributed by atoms with Crippen LogP contribution in [0, 0.1) is 5.41 Å². The summed E-state index contributed by atoms with van der Waals surface area (Å²) in [6.07, 6.45) is 2.85. The Morgan fingerprint density at radius 3 is 2.39 bits per heavy atom. The van der Waals surface area contributed by atoms with Crippen LogP contribution in [-0.4, -0.2) is 32.0 Å². The van der Waals surface area contributed by atoms with E-state index < -0.39 is 19.3 Å². The molecule has 0 spiro atoms. The lowest BCUT2D eigenvalue weighted by Gasteiger charge is -2.40. The van der Waals surface area contributed by atoms with Crippen molar-refractivity contribution in [2.75, 3.05) is 7.11 Å². The minimum Gasteiger partial charge on any atom is -0.468 e. The standard InChI is InChI=1S/C27H38N2O3Si/c1-8-27(32-33(6,7)25(2,3)4)20-26(27,24(30)31-5)17-22-15-12-16-23(29-22)19-28-18-21-13-10-9-11-14-21/h8-16,28H,1,17-20H2,2-7H3/t26-,27+/m0/s1. The number of carbonyl (C=O) groups is 1. The van der Waals surface area contributed by atoms with Gasteiger partial charge in [0.2, 0.25) is 0 Å². The van der Waals surface area contributed by atoms with E-state index in [-0.39, 0.29) is 11.0 Å². The Labute approximate surface area is 199 Å². The second-order valence-corrected chi connectivity index (χ2v) is 15.3. The quantitative estimate of drug-likeness (QED) is 0.288. The zero-order valence-corrected chi connectivity index (χ0v) is 21.9. The number of carbonyl (C=O) groups excluding carboxylic acids is 1. The van der Waals surface area contributed by atoms with Crippen LogP contribution in [0.5, 0.6) is 0 Å². The molecule has 2 aromatic rings.